The summed E-state index contributed by atoms with van der Waals surface area (Å²) in [5.41, 5.74) is -0.454. The lowest BCUT2D eigenvalue weighted by atomic mass is 10.2. The average molecular weight is 325 g/mol. The maximum Gasteiger partial charge on any atom is 0.410 e. The average Bonchev–Trinajstić information content (AvgIpc) is 2.44. The highest BCUT2D eigenvalue weighted by atomic mass is 19.1. The number of likely N-dealkylation sites (N-methyl/N-ethyl adjacent to an activating group) is 2. The van der Waals surface area contributed by atoms with Crippen molar-refractivity contribution in [3.63, 3.8) is 0 Å². The van der Waals surface area contributed by atoms with Crippen molar-refractivity contribution in [2.75, 3.05) is 32.5 Å². The van der Waals surface area contributed by atoms with E-state index in [0.29, 0.717) is 6.54 Å². The van der Waals surface area contributed by atoms with E-state index in [9.17, 15) is 14.0 Å². The van der Waals surface area contributed by atoms with E-state index >= 15 is 0 Å². The Kier molecular flexibility index (Phi) is 6.36. The van der Waals surface area contributed by atoms with Crippen molar-refractivity contribution in [1.29, 1.82) is 0 Å². The Labute approximate surface area is 136 Å². The third-order valence-electron chi connectivity index (χ3n) is 2.94. The van der Waals surface area contributed by atoms with E-state index in [1.165, 1.54) is 21.9 Å². The molecule has 0 spiro atoms. The molecule has 0 saturated heterocycles. The van der Waals surface area contributed by atoms with Crippen molar-refractivity contribution in [2.24, 2.45) is 0 Å². The quantitative estimate of drug-likeness (QED) is 0.925. The molecule has 1 rings (SSSR count). The van der Waals surface area contributed by atoms with Crippen LogP contribution in [0.5, 0.6) is 0 Å². The molecule has 3 amide bonds. The predicted octanol–water partition coefficient (Wildman–Crippen LogP) is 3.16. The summed E-state index contributed by atoms with van der Waals surface area (Å²) in [6.07, 6.45) is -0.458. The number of anilines is 1. The molecule has 128 valence electrons. The molecule has 0 aliphatic carbocycles. The summed E-state index contributed by atoms with van der Waals surface area (Å²) < 4.78 is 18.7. The Morgan fingerprint density at radius 1 is 1.13 bits per heavy atom. The Morgan fingerprint density at radius 3 is 2.26 bits per heavy atom. The zero-order chi connectivity index (χ0) is 17.6. The minimum atomic E-state index is -0.570. The second kappa shape index (κ2) is 7.80. The monoisotopic (exact) mass is 325 g/mol. The van der Waals surface area contributed by atoms with Crippen LogP contribution in [-0.2, 0) is 4.74 Å². The lowest BCUT2D eigenvalue weighted by Gasteiger charge is -2.26. The van der Waals surface area contributed by atoms with E-state index in [1.807, 2.05) is 0 Å². The number of para-hydroxylation sites is 1. The Hall–Kier alpha value is -2.31. The molecule has 0 radical (unpaired) electrons. The van der Waals surface area contributed by atoms with Crippen LogP contribution in [0, 0.1) is 5.82 Å². The molecule has 23 heavy (non-hydrogen) atoms. The summed E-state index contributed by atoms with van der Waals surface area (Å²) in [7, 11) is 3.16. The van der Waals surface area contributed by atoms with Crippen LogP contribution in [0.1, 0.15) is 20.8 Å². The first-order valence-corrected chi connectivity index (χ1v) is 7.31. The minimum absolute atomic E-state index is 0.116. The zero-order valence-electron chi connectivity index (χ0n) is 14.2. The Balaban J connectivity index is 2.47. The molecule has 0 heterocycles. The molecular weight excluding hydrogens is 301 g/mol. The molecular formula is C16H24FN3O3. The van der Waals surface area contributed by atoms with Crippen molar-refractivity contribution < 1.29 is 18.7 Å². The first-order valence-electron chi connectivity index (χ1n) is 7.31. The van der Waals surface area contributed by atoms with E-state index in [-0.39, 0.29) is 12.2 Å². The van der Waals surface area contributed by atoms with Gasteiger partial charge < -0.3 is 19.9 Å². The molecule has 1 N–H and O–H groups in total. The predicted molar refractivity (Wildman–Crippen MR) is 86.9 cm³/mol. The van der Waals surface area contributed by atoms with Gasteiger partial charge in [-0.2, -0.15) is 0 Å². The number of hydrogen-bond donors (Lipinski definition) is 1. The van der Waals surface area contributed by atoms with E-state index in [4.69, 9.17) is 4.74 Å². The number of nitrogens with zero attached hydrogens (tertiary/aromatic N) is 2. The van der Waals surface area contributed by atoms with Crippen molar-refractivity contribution in [3.05, 3.63) is 30.1 Å². The van der Waals surface area contributed by atoms with Crippen molar-refractivity contribution in [1.82, 2.24) is 9.80 Å². The third-order valence-corrected chi connectivity index (χ3v) is 2.94. The highest BCUT2D eigenvalue weighted by molar-refractivity contribution is 5.89. The minimum Gasteiger partial charge on any atom is -0.444 e. The fraction of sp³-hybridized carbons (Fsp3) is 0.500. The fourth-order valence-corrected chi connectivity index (χ4v) is 1.61. The lowest BCUT2D eigenvalue weighted by molar-refractivity contribution is 0.0291. The van der Waals surface area contributed by atoms with Gasteiger partial charge in [-0.05, 0) is 32.9 Å². The van der Waals surface area contributed by atoms with E-state index in [2.05, 4.69) is 5.32 Å². The van der Waals surface area contributed by atoms with Crippen LogP contribution < -0.4 is 5.32 Å². The summed E-state index contributed by atoms with van der Waals surface area (Å²) in [5.74, 6) is -0.500. The van der Waals surface area contributed by atoms with Gasteiger partial charge >= 0.3 is 12.1 Å². The normalized spacial score (nSPS) is 10.9. The van der Waals surface area contributed by atoms with Crippen LogP contribution >= 0.6 is 0 Å². The number of nitrogens with one attached hydrogen (secondary N) is 1. The van der Waals surface area contributed by atoms with Gasteiger partial charge in [0, 0.05) is 27.2 Å². The van der Waals surface area contributed by atoms with Crippen LogP contribution in [0.3, 0.4) is 0 Å². The molecule has 6 nitrogen and oxygen atoms in total. The Morgan fingerprint density at radius 2 is 1.70 bits per heavy atom. The maximum absolute atomic E-state index is 13.5. The number of carbonyl (C=O) groups is 2. The van der Waals surface area contributed by atoms with Gasteiger partial charge in [0.15, 0.2) is 0 Å². The van der Waals surface area contributed by atoms with E-state index in [1.54, 1.807) is 47.0 Å². The summed E-state index contributed by atoms with van der Waals surface area (Å²) in [5, 5.41) is 2.48. The van der Waals surface area contributed by atoms with Crippen LogP contribution in [0.25, 0.3) is 0 Å². The second-order valence-corrected chi connectivity index (χ2v) is 6.23. The second-order valence-electron chi connectivity index (χ2n) is 6.23. The van der Waals surface area contributed by atoms with Gasteiger partial charge in [0.05, 0.1) is 5.69 Å². The van der Waals surface area contributed by atoms with Gasteiger partial charge in [-0.3, -0.25) is 0 Å². The number of urea groups is 1. The summed E-state index contributed by atoms with van der Waals surface area (Å²) in [6, 6.07) is 5.48. The zero-order valence-corrected chi connectivity index (χ0v) is 14.2. The number of rotatable bonds is 4. The number of halogens is 1. The molecule has 0 aliphatic heterocycles. The van der Waals surface area contributed by atoms with Crippen molar-refractivity contribution >= 4 is 17.8 Å². The summed E-state index contributed by atoms with van der Waals surface area (Å²) in [6.45, 7) is 5.94. The molecule has 1 aromatic rings. The molecule has 0 aliphatic rings. The van der Waals surface area contributed by atoms with Crippen molar-refractivity contribution in [2.45, 2.75) is 26.4 Å². The number of carbonyl (C=O) groups excluding carboxylic acids is 2. The molecule has 0 unspecified atom stereocenters. The molecule has 0 saturated carbocycles. The molecule has 0 bridgehead atoms. The van der Waals surface area contributed by atoms with Gasteiger partial charge in [-0.1, -0.05) is 12.1 Å². The van der Waals surface area contributed by atoms with Crippen LogP contribution in [-0.4, -0.2) is 54.7 Å². The van der Waals surface area contributed by atoms with Crippen molar-refractivity contribution in [3.8, 4) is 0 Å². The van der Waals surface area contributed by atoms with Crippen LogP contribution in [0.15, 0.2) is 24.3 Å². The number of hydrogen-bond acceptors (Lipinski definition) is 3. The fourth-order valence-electron chi connectivity index (χ4n) is 1.61. The standard InChI is InChI=1S/C16H24FN3O3/c1-16(2,3)23-15(22)20(5)11-10-19(4)14(21)18-13-9-7-6-8-12(13)17/h6-9H,10-11H2,1-5H3,(H,18,21). The first-order chi connectivity index (χ1) is 10.6. The van der Waals surface area contributed by atoms with E-state index in [0.717, 1.165) is 0 Å². The lowest BCUT2D eigenvalue weighted by Crippen LogP contribution is -2.41. The SMILES string of the molecule is CN(CCN(C)C(=O)OC(C)(C)C)C(=O)Nc1ccccc1F. The highest BCUT2D eigenvalue weighted by Gasteiger charge is 2.20. The molecule has 7 heteroatoms. The van der Waals surface area contributed by atoms with Crippen LogP contribution in [0.2, 0.25) is 0 Å². The number of benzene rings is 1. The van der Waals surface area contributed by atoms with Gasteiger partial charge in [0.2, 0.25) is 0 Å². The number of amides is 3. The summed E-state index contributed by atoms with van der Waals surface area (Å²) in [4.78, 5) is 26.6. The molecule has 0 atom stereocenters. The molecule has 0 fully saturated rings. The smallest absolute Gasteiger partial charge is 0.410 e. The van der Waals surface area contributed by atoms with Gasteiger partial charge in [0.25, 0.3) is 0 Å². The topological polar surface area (TPSA) is 61.9 Å². The largest absolute Gasteiger partial charge is 0.444 e. The van der Waals surface area contributed by atoms with Gasteiger partial charge in [0.1, 0.15) is 11.4 Å². The summed E-state index contributed by atoms with van der Waals surface area (Å²) >= 11 is 0. The van der Waals surface area contributed by atoms with Gasteiger partial charge in [-0.15, -0.1) is 0 Å². The van der Waals surface area contributed by atoms with Crippen LogP contribution in [0.4, 0.5) is 19.7 Å². The van der Waals surface area contributed by atoms with E-state index < -0.39 is 23.5 Å². The maximum atomic E-state index is 13.5. The molecule has 0 aromatic heterocycles. The third kappa shape index (κ3) is 6.54. The highest BCUT2D eigenvalue weighted by Crippen LogP contribution is 2.13. The number of ether oxygens (including phenoxy) is 1. The van der Waals surface area contributed by atoms with Gasteiger partial charge in [-0.25, -0.2) is 14.0 Å². The molecule has 1 aromatic carbocycles. The first kappa shape index (κ1) is 18.7. The Bertz CT molecular complexity index is 558.